The van der Waals surface area contributed by atoms with E-state index >= 15 is 0 Å². The Labute approximate surface area is 179 Å². The maximum Gasteiger partial charge on any atom is 0.275 e. The summed E-state index contributed by atoms with van der Waals surface area (Å²) in [5, 5.41) is 5.43. The third-order valence-corrected chi connectivity index (χ3v) is 5.72. The van der Waals surface area contributed by atoms with Gasteiger partial charge in [-0.15, -0.1) is 11.3 Å². The van der Waals surface area contributed by atoms with Crippen LogP contribution in [-0.2, 0) is 9.53 Å². The Balaban J connectivity index is 1.65. The Hall–Kier alpha value is -2.76. The molecule has 1 aliphatic rings. The number of carbonyl (C=O) groups excluding carboxylic acids is 2. The average molecular weight is 434 g/mol. The predicted molar refractivity (Wildman–Crippen MR) is 117 cm³/mol. The fraction of sp³-hybridized carbons (Fsp3) is 0.474. The summed E-state index contributed by atoms with van der Waals surface area (Å²) in [6, 6.07) is 3.61. The van der Waals surface area contributed by atoms with E-state index in [1.807, 2.05) is 22.9 Å². The highest BCUT2D eigenvalue weighted by atomic mass is 32.1. The van der Waals surface area contributed by atoms with Gasteiger partial charge >= 0.3 is 0 Å². The first-order valence-electron chi connectivity index (χ1n) is 9.65. The van der Waals surface area contributed by atoms with E-state index in [1.165, 1.54) is 11.3 Å². The van der Waals surface area contributed by atoms with E-state index in [1.54, 1.807) is 24.8 Å². The minimum atomic E-state index is -0.329. The van der Waals surface area contributed by atoms with Crippen LogP contribution in [0.5, 0.6) is 0 Å². The summed E-state index contributed by atoms with van der Waals surface area (Å²) in [6.45, 7) is 4.33. The van der Waals surface area contributed by atoms with E-state index in [9.17, 15) is 9.59 Å². The molecule has 1 saturated heterocycles. The first-order valence-corrected chi connectivity index (χ1v) is 10.5. The lowest BCUT2D eigenvalue weighted by atomic mass is 10.2. The number of primary amides is 1. The van der Waals surface area contributed by atoms with Gasteiger partial charge in [0.2, 0.25) is 5.91 Å². The molecule has 0 aliphatic carbocycles. The number of pyridine rings is 1. The number of piperazine rings is 1. The fourth-order valence-electron chi connectivity index (χ4n) is 3.14. The Bertz CT molecular complexity index is 867. The van der Waals surface area contributed by atoms with Gasteiger partial charge in [-0.2, -0.15) is 0 Å². The molecule has 1 aliphatic heterocycles. The highest BCUT2D eigenvalue weighted by Gasteiger charge is 2.22. The number of rotatable bonds is 9. The van der Waals surface area contributed by atoms with Gasteiger partial charge in [-0.1, -0.05) is 0 Å². The second kappa shape index (κ2) is 10.3. The second-order valence-electron chi connectivity index (χ2n) is 6.99. The van der Waals surface area contributed by atoms with E-state index in [-0.39, 0.29) is 18.4 Å². The van der Waals surface area contributed by atoms with Gasteiger partial charge in [0.25, 0.3) is 5.91 Å². The Morgan fingerprint density at radius 3 is 2.80 bits per heavy atom. The van der Waals surface area contributed by atoms with Crippen LogP contribution in [0.15, 0.2) is 23.7 Å². The highest BCUT2D eigenvalue weighted by Crippen LogP contribution is 2.25. The third-order valence-electron chi connectivity index (χ3n) is 4.77. The lowest BCUT2D eigenvalue weighted by Gasteiger charge is -2.35. The predicted octanol–water partition coefficient (Wildman–Crippen LogP) is 0.480. The molecule has 11 heteroatoms. The molecule has 162 valence electrons. The van der Waals surface area contributed by atoms with Crippen LogP contribution in [0.4, 0.5) is 16.6 Å². The average Bonchev–Trinajstić information content (AvgIpc) is 3.23. The Morgan fingerprint density at radius 2 is 2.10 bits per heavy atom. The number of methoxy groups -OCH3 is 1. The number of carbonyl (C=O) groups is 2. The van der Waals surface area contributed by atoms with Crippen molar-refractivity contribution in [2.45, 2.75) is 0 Å². The van der Waals surface area contributed by atoms with Gasteiger partial charge in [0.1, 0.15) is 5.69 Å². The van der Waals surface area contributed by atoms with Crippen LogP contribution < -0.4 is 20.9 Å². The molecule has 2 aromatic heterocycles. The van der Waals surface area contributed by atoms with Crippen molar-refractivity contribution in [3.63, 3.8) is 0 Å². The van der Waals surface area contributed by atoms with Crippen LogP contribution in [0.3, 0.4) is 0 Å². The Kier molecular flexibility index (Phi) is 7.55. The van der Waals surface area contributed by atoms with E-state index in [4.69, 9.17) is 10.5 Å². The molecule has 2 amide bonds. The van der Waals surface area contributed by atoms with Gasteiger partial charge in [-0.25, -0.2) is 9.97 Å². The maximum absolute atomic E-state index is 12.8. The van der Waals surface area contributed by atoms with Crippen molar-refractivity contribution in [2.24, 2.45) is 5.73 Å². The number of ether oxygens (including phenoxy) is 1. The summed E-state index contributed by atoms with van der Waals surface area (Å²) in [6.07, 6.45) is 1.70. The molecule has 0 spiro atoms. The van der Waals surface area contributed by atoms with Gasteiger partial charge in [-0.3, -0.25) is 14.5 Å². The van der Waals surface area contributed by atoms with Crippen molar-refractivity contribution in [1.82, 2.24) is 14.9 Å². The number of hydrogen-bond donors (Lipinski definition) is 2. The van der Waals surface area contributed by atoms with E-state index in [2.05, 4.69) is 20.2 Å². The topological polar surface area (TPSA) is 117 Å². The summed E-state index contributed by atoms with van der Waals surface area (Å²) in [5.74, 6) is 0.0984. The van der Waals surface area contributed by atoms with Crippen LogP contribution >= 0.6 is 11.3 Å². The molecule has 3 heterocycles. The van der Waals surface area contributed by atoms with Crippen molar-refractivity contribution in [2.75, 3.05) is 75.1 Å². The number of nitrogens with one attached hydrogen (secondary N) is 1. The molecule has 1 fully saturated rings. The van der Waals surface area contributed by atoms with Crippen LogP contribution in [0.1, 0.15) is 10.5 Å². The quantitative estimate of drug-likeness (QED) is 0.587. The summed E-state index contributed by atoms with van der Waals surface area (Å²) in [4.78, 5) is 38.8. The van der Waals surface area contributed by atoms with Gasteiger partial charge in [0, 0.05) is 58.5 Å². The van der Waals surface area contributed by atoms with Crippen molar-refractivity contribution in [1.29, 1.82) is 0 Å². The zero-order chi connectivity index (χ0) is 21.5. The molecule has 3 N–H and O–H groups in total. The molecule has 0 aromatic carbocycles. The smallest absolute Gasteiger partial charge is 0.275 e. The third kappa shape index (κ3) is 5.65. The van der Waals surface area contributed by atoms with Gasteiger partial charge in [0.15, 0.2) is 10.9 Å². The number of likely N-dealkylation sites (N-methyl/N-ethyl adjacent to an activating group) is 1. The first-order chi connectivity index (χ1) is 14.5. The summed E-state index contributed by atoms with van der Waals surface area (Å²) in [5.41, 5.74) is 6.27. The van der Waals surface area contributed by atoms with E-state index in [0.717, 1.165) is 5.13 Å². The van der Waals surface area contributed by atoms with Gasteiger partial charge in [-0.05, 0) is 12.1 Å². The number of thiazole rings is 1. The van der Waals surface area contributed by atoms with Crippen molar-refractivity contribution in [3.05, 3.63) is 29.4 Å². The summed E-state index contributed by atoms with van der Waals surface area (Å²) < 4.78 is 5.08. The normalized spacial score (nSPS) is 14.5. The lowest BCUT2D eigenvalue weighted by Crippen LogP contribution is -2.49. The minimum absolute atomic E-state index is 0.255. The van der Waals surface area contributed by atoms with Crippen molar-refractivity contribution < 1.29 is 14.3 Å². The van der Waals surface area contributed by atoms with Crippen molar-refractivity contribution in [3.8, 4) is 0 Å². The van der Waals surface area contributed by atoms with Crippen LogP contribution in [0.2, 0.25) is 0 Å². The molecular formula is C19H27N7O3S. The van der Waals surface area contributed by atoms with E-state index < -0.39 is 0 Å². The van der Waals surface area contributed by atoms with Crippen molar-refractivity contribution >= 4 is 39.8 Å². The SMILES string of the molecule is COCCN(C)c1nc(C(=O)Nc2cccnc2N2CCN(CC(N)=O)CC2)cs1. The van der Waals surface area contributed by atoms with Gasteiger partial charge < -0.3 is 25.6 Å². The number of nitrogens with two attached hydrogens (primary N) is 1. The molecule has 2 aromatic rings. The second-order valence-corrected chi connectivity index (χ2v) is 7.82. The van der Waals surface area contributed by atoms with Gasteiger partial charge in [0.05, 0.1) is 18.8 Å². The highest BCUT2D eigenvalue weighted by molar-refractivity contribution is 7.13. The molecule has 0 bridgehead atoms. The number of nitrogens with zero attached hydrogens (tertiary/aromatic N) is 5. The molecule has 3 rings (SSSR count). The molecule has 0 atom stereocenters. The minimum Gasteiger partial charge on any atom is -0.383 e. The zero-order valence-electron chi connectivity index (χ0n) is 17.2. The molecule has 0 radical (unpaired) electrons. The Morgan fingerprint density at radius 1 is 1.33 bits per heavy atom. The monoisotopic (exact) mass is 433 g/mol. The number of aromatic nitrogens is 2. The fourth-order valence-corrected chi connectivity index (χ4v) is 3.94. The molecule has 0 unspecified atom stereocenters. The molecule has 10 nitrogen and oxygen atoms in total. The molecular weight excluding hydrogens is 406 g/mol. The molecule has 0 saturated carbocycles. The zero-order valence-corrected chi connectivity index (χ0v) is 18.0. The number of amides is 2. The van der Waals surface area contributed by atoms with Crippen LogP contribution in [0.25, 0.3) is 0 Å². The molecule has 30 heavy (non-hydrogen) atoms. The maximum atomic E-state index is 12.8. The lowest BCUT2D eigenvalue weighted by molar-refractivity contribution is -0.119. The van der Waals surface area contributed by atoms with E-state index in [0.29, 0.717) is 56.5 Å². The van der Waals surface area contributed by atoms with Crippen LogP contribution in [-0.4, -0.2) is 86.7 Å². The number of hydrogen-bond acceptors (Lipinski definition) is 9. The summed E-state index contributed by atoms with van der Waals surface area (Å²) >= 11 is 1.41. The first kappa shape index (κ1) is 21.9. The standard InChI is InChI=1S/C19H27N7O3S/c1-24(10-11-29-2)19-23-15(13-30-19)18(28)22-14-4-3-5-21-17(14)26-8-6-25(7-9-26)12-16(20)27/h3-5,13H,6-12H2,1-2H3,(H2,20,27)(H,22,28). The number of anilines is 3. The summed E-state index contributed by atoms with van der Waals surface area (Å²) in [7, 11) is 3.56. The largest absolute Gasteiger partial charge is 0.383 e. The van der Waals surface area contributed by atoms with Crippen LogP contribution in [0, 0.1) is 0 Å².